The van der Waals surface area contributed by atoms with E-state index >= 15 is 0 Å². The first-order valence-electron chi connectivity index (χ1n) is 6.71. The Morgan fingerprint density at radius 3 is 2.47 bits per heavy atom. The Hall–Kier alpha value is -2.10. The molecule has 1 aliphatic heterocycles. The van der Waals surface area contributed by atoms with E-state index in [-0.39, 0.29) is 0 Å². The van der Waals surface area contributed by atoms with E-state index in [1.165, 1.54) is 5.56 Å². The van der Waals surface area contributed by atoms with Crippen LogP contribution in [0.15, 0.2) is 42.6 Å². The summed E-state index contributed by atoms with van der Waals surface area (Å²) in [4.78, 5) is 10.8. The van der Waals surface area contributed by atoms with E-state index in [9.17, 15) is 0 Å². The summed E-state index contributed by atoms with van der Waals surface area (Å²) in [7, 11) is 0. The number of nitrogens with two attached hydrogens (primary N) is 1. The van der Waals surface area contributed by atoms with Crippen molar-refractivity contribution in [2.24, 2.45) is 0 Å². The van der Waals surface area contributed by atoms with Crippen molar-refractivity contribution in [3.05, 3.63) is 48.2 Å². The standard InChI is InChI=1S/C15H18N4/c16-14-6-9-17-15(18-14)19-10-7-13(8-11-19)12-4-2-1-3-5-12/h1-6,9,13H,7-8,10-11H2,(H2,16,17,18). The zero-order valence-corrected chi connectivity index (χ0v) is 10.9. The minimum Gasteiger partial charge on any atom is -0.384 e. The van der Waals surface area contributed by atoms with Gasteiger partial charge in [-0.1, -0.05) is 30.3 Å². The molecule has 1 aromatic heterocycles. The van der Waals surface area contributed by atoms with Gasteiger partial charge in [0.05, 0.1) is 0 Å². The molecule has 0 amide bonds. The molecule has 0 unspecified atom stereocenters. The van der Waals surface area contributed by atoms with Crippen LogP contribution in [0.5, 0.6) is 0 Å². The van der Waals surface area contributed by atoms with Crippen LogP contribution in [0.1, 0.15) is 24.3 Å². The molecule has 4 nitrogen and oxygen atoms in total. The molecule has 19 heavy (non-hydrogen) atoms. The second-order valence-corrected chi connectivity index (χ2v) is 4.95. The summed E-state index contributed by atoms with van der Waals surface area (Å²) in [5.74, 6) is 1.94. The van der Waals surface area contributed by atoms with Gasteiger partial charge in [0.25, 0.3) is 0 Å². The van der Waals surface area contributed by atoms with Crippen molar-refractivity contribution in [1.29, 1.82) is 0 Å². The molecule has 1 aromatic carbocycles. The first kappa shape index (κ1) is 12.0. The van der Waals surface area contributed by atoms with Gasteiger partial charge in [-0.15, -0.1) is 0 Å². The summed E-state index contributed by atoms with van der Waals surface area (Å²) in [5.41, 5.74) is 7.15. The molecule has 1 saturated heterocycles. The molecule has 2 heterocycles. The maximum atomic E-state index is 5.71. The number of aromatic nitrogens is 2. The maximum Gasteiger partial charge on any atom is 0.227 e. The topological polar surface area (TPSA) is 55.0 Å². The zero-order valence-electron chi connectivity index (χ0n) is 10.9. The van der Waals surface area contributed by atoms with Crippen LogP contribution in [-0.2, 0) is 0 Å². The fraction of sp³-hybridized carbons (Fsp3) is 0.333. The third-order valence-corrected chi connectivity index (χ3v) is 3.71. The van der Waals surface area contributed by atoms with Crippen LogP contribution in [0.25, 0.3) is 0 Å². The molecule has 0 aliphatic carbocycles. The minimum atomic E-state index is 0.537. The van der Waals surface area contributed by atoms with Crippen LogP contribution in [0, 0.1) is 0 Å². The summed E-state index contributed by atoms with van der Waals surface area (Å²) in [6.45, 7) is 1.98. The molecule has 98 valence electrons. The highest BCUT2D eigenvalue weighted by atomic mass is 15.3. The number of hydrogen-bond donors (Lipinski definition) is 1. The summed E-state index contributed by atoms with van der Waals surface area (Å²) < 4.78 is 0. The van der Waals surface area contributed by atoms with E-state index < -0.39 is 0 Å². The highest BCUT2D eigenvalue weighted by molar-refractivity contribution is 5.38. The van der Waals surface area contributed by atoms with Gasteiger partial charge in [0, 0.05) is 19.3 Å². The van der Waals surface area contributed by atoms with Crippen molar-refractivity contribution >= 4 is 11.8 Å². The Balaban J connectivity index is 1.67. The number of anilines is 2. The van der Waals surface area contributed by atoms with Crippen LogP contribution in [0.3, 0.4) is 0 Å². The molecular weight excluding hydrogens is 236 g/mol. The van der Waals surface area contributed by atoms with Crippen LogP contribution < -0.4 is 10.6 Å². The quantitative estimate of drug-likeness (QED) is 0.894. The third-order valence-electron chi connectivity index (χ3n) is 3.71. The van der Waals surface area contributed by atoms with E-state index in [1.807, 2.05) is 0 Å². The largest absolute Gasteiger partial charge is 0.384 e. The molecular formula is C15H18N4. The lowest BCUT2D eigenvalue weighted by molar-refractivity contribution is 0.499. The fourth-order valence-corrected chi connectivity index (χ4v) is 2.65. The van der Waals surface area contributed by atoms with Crippen molar-refractivity contribution in [3.8, 4) is 0 Å². The van der Waals surface area contributed by atoms with Crippen molar-refractivity contribution in [2.75, 3.05) is 23.7 Å². The van der Waals surface area contributed by atoms with Gasteiger partial charge in [0.15, 0.2) is 0 Å². The molecule has 4 heteroatoms. The third kappa shape index (κ3) is 2.67. The van der Waals surface area contributed by atoms with Crippen molar-refractivity contribution < 1.29 is 0 Å². The molecule has 1 fully saturated rings. The molecule has 0 bridgehead atoms. The predicted molar refractivity (Wildman–Crippen MR) is 77.1 cm³/mol. The lowest BCUT2D eigenvalue weighted by Crippen LogP contribution is -2.34. The van der Waals surface area contributed by atoms with E-state index in [0.29, 0.717) is 11.7 Å². The number of piperidine rings is 1. The molecule has 2 aromatic rings. The zero-order chi connectivity index (χ0) is 13.1. The predicted octanol–water partition coefficient (Wildman–Crippen LogP) is 2.44. The average molecular weight is 254 g/mol. The molecule has 0 atom stereocenters. The summed E-state index contributed by atoms with van der Waals surface area (Å²) in [6, 6.07) is 12.5. The van der Waals surface area contributed by atoms with Crippen molar-refractivity contribution in [2.45, 2.75) is 18.8 Å². The Bertz CT molecular complexity index is 533. The monoisotopic (exact) mass is 254 g/mol. The average Bonchev–Trinajstić information content (AvgIpc) is 2.48. The highest BCUT2D eigenvalue weighted by Crippen LogP contribution is 2.29. The Kier molecular flexibility index (Phi) is 3.31. The van der Waals surface area contributed by atoms with Crippen LogP contribution in [0.4, 0.5) is 11.8 Å². The molecule has 1 aliphatic rings. The minimum absolute atomic E-state index is 0.537. The van der Waals surface area contributed by atoms with Gasteiger partial charge in [-0.05, 0) is 30.4 Å². The van der Waals surface area contributed by atoms with Gasteiger partial charge in [0.1, 0.15) is 5.82 Å². The highest BCUT2D eigenvalue weighted by Gasteiger charge is 2.21. The fourth-order valence-electron chi connectivity index (χ4n) is 2.65. The lowest BCUT2D eigenvalue weighted by Gasteiger charge is -2.32. The van der Waals surface area contributed by atoms with Gasteiger partial charge < -0.3 is 10.6 Å². The van der Waals surface area contributed by atoms with E-state index in [1.54, 1.807) is 12.3 Å². The first-order valence-corrected chi connectivity index (χ1v) is 6.71. The Labute approximate surface area is 113 Å². The van der Waals surface area contributed by atoms with Gasteiger partial charge >= 0.3 is 0 Å². The second kappa shape index (κ2) is 5.26. The van der Waals surface area contributed by atoms with Gasteiger partial charge in [0.2, 0.25) is 5.95 Å². The van der Waals surface area contributed by atoms with E-state index in [0.717, 1.165) is 31.9 Å². The summed E-state index contributed by atoms with van der Waals surface area (Å²) >= 11 is 0. The van der Waals surface area contributed by atoms with E-state index in [2.05, 4.69) is 45.2 Å². The molecule has 3 rings (SSSR count). The number of nitrogen functional groups attached to an aromatic ring is 1. The number of hydrogen-bond acceptors (Lipinski definition) is 4. The lowest BCUT2D eigenvalue weighted by atomic mass is 9.90. The van der Waals surface area contributed by atoms with E-state index in [4.69, 9.17) is 5.73 Å². The summed E-state index contributed by atoms with van der Waals surface area (Å²) in [6.07, 6.45) is 4.01. The first-order chi connectivity index (χ1) is 9.33. The van der Waals surface area contributed by atoms with Crippen molar-refractivity contribution in [1.82, 2.24) is 9.97 Å². The van der Waals surface area contributed by atoms with Gasteiger partial charge in [-0.25, -0.2) is 4.98 Å². The summed E-state index contributed by atoms with van der Waals surface area (Å²) in [5, 5.41) is 0. The van der Waals surface area contributed by atoms with Crippen LogP contribution >= 0.6 is 0 Å². The number of rotatable bonds is 2. The molecule has 0 spiro atoms. The maximum absolute atomic E-state index is 5.71. The second-order valence-electron chi connectivity index (χ2n) is 4.95. The number of nitrogens with zero attached hydrogens (tertiary/aromatic N) is 3. The Morgan fingerprint density at radius 1 is 1.05 bits per heavy atom. The normalized spacial score (nSPS) is 16.5. The molecule has 0 saturated carbocycles. The van der Waals surface area contributed by atoms with Gasteiger partial charge in [-0.3, -0.25) is 0 Å². The van der Waals surface area contributed by atoms with Crippen LogP contribution in [-0.4, -0.2) is 23.1 Å². The van der Waals surface area contributed by atoms with Gasteiger partial charge in [-0.2, -0.15) is 4.98 Å². The number of benzene rings is 1. The molecule has 2 N–H and O–H groups in total. The smallest absolute Gasteiger partial charge is 0.227 e. The SMILES string of the molecule is Nc1ccnc(N2CCC(c3ccccc3)CC2)n1. The van der Waals surface area contributed by atoms with Crippen LogP contribution in [0.2, 0.25) is 0 Å². The Morgan fingerprint density at radius 2 is 1.79 bits per heavy atom. The molecule has 0 radical (unpaired) electrons. The van der Waals surface area contributed by atoms with Crippen molar-refractivity contribution in [3.63, 3.8) is 0 Å².